The summed E-state index contributed by atoms with van der Waals surface area (Å²) in [4.78, 5) is 16.6. The van der Waals surface area contributed by atoms with Crippen LogP contribution in [0.3, 0.4) is 0 Å². The molecular formula is C19H20FN3O3. The zero-order valence-corrected chi connectivity index (χ0v) is 14.9. The molecule has 0 aliphatic carbocycles. The molecule has 0 fully saturated rings. The first kappa shape index (κ1) is 18.0. The molecule has 0 radical (unpaired) electrons. The van der Waals surface area contributed by atoms with E-state index >= 15 is 0 Å². The predicted octanol–water partition coefficient (Wildman–Crippen LogP) is 3.03. The molecule has 0 amide bonds. The minimum atomic E-state index is -0.947. The van der Waals surface area contributed by atoms with Crippen LogP contribution < -0.4 is 0 Å². The largest absolute Gasteiger partial charge is 0.462 e. The Balaban J connectivity index is 2.13. The third-order valence-electron chi connectivity index (χ3n) is 3.80. The molecule has 3 rings (SSSR count). The fourth-order valence-corrected chi connectivity index (χ4v) is 2.83. The number of carbonyl (C=O) groups is 1. The van der Waals surface area contributed by atoms with Crippen molar-refractivity contribution in [2.24, 2.45) is 0 Å². The van der Waals surface area contributed by atoms with Gasteiger partial charge in [-0.25, -0.2) is 18.7 Å². The Labute approximate surface area is 150 Å². The first-order valence-corrected chi connectivity index (χ1v) is 8.32. The quantitative estimate of drug-likeness (QED) is 0.710. The number of aliphatic hydroxyl groups is 1. The van der Waals surface area contributed by atoms with Crippen molar-refractivity contribution in [1.82, 2.24) is 14.6 Å². The lowest BCUT2D eigenvalue weighted by Crippen LogP contribution is -2.21. The summed E-state index contributed by atoms with van der Waals surface area (Å²) < 4.78 is 21.3. The normalized spacial score (nSPS) is 11.7. The third-order valence-corrected chi connectivity index (χ3v) is 3.80. The summed E-state index contributed by atoms with van der Waals surface area (Å²) in [6, 6.07) is 6.28. The van der Waals surface area contributed by atoms with E-state index in [1.54, 1.807) is 45.2 Å². The van der Waals surface area contributed by atoms with E-state index in [4.69, 9.17) is 4.74 Å². The van der Waals surface area contributed by atoms with Gasteiger partial charge in [-0.3, -0.25) is 0 Å². The molecule has 0 spiro atoms. The van der Waals surface area contributed by atoms with Crippen LogP contribution in [-0.2, 0) is 11.2 Å². The van der Waals surface area contributed by atoms with E-state index < -0.39 is 17.4 Å². The van der Waals surface area contributed by atoms with Gasteiger partial charge in [0.2, 0.25) is 0 Å². The molecule has 0 bridgehead atoms. The minimum Gasteiger partial charge on any atom is -0.462 e. The first-order chi connectivity index (χ1) is 12.3. The highest BCUT2D eigenvalue weighted by Gasteiger charge is 2.25. The van der Waals surface area contributed by atoms with E-state index in [2.05, 4.69) is 10.1 Å². The Morgan fingerprint density at radius 1 is 1.38 bits per heavy atom. The van der Waals surface area contributed by atoms with E-state index in [-0.39, 0.29) is 23.4 Å². The fourth-order valence-electron chi connectivity index (χ4n) is 2.83. The number of aromatic nitrogens is 3. The molecule has 0 atom stereocenters. The van der Waals surface area contributed by atoms with Gasteiger partial charge in [0.1, 0.15) is 17.1 Å². The monoisotopic (exact) mass is 357 g/mol. The van der Waals surface area contributed by atoms with Crippen LogP contribution in [0.25, 0.3) is 16.9 Å². The topological polar surface area (TPSA) is 76.7 Å². The van der Waals surface area contributed by atoms with Gasteiger partial charge in [0.15, 0.2) is 5.65 Å². The lowest BCUT2D eigenvalue weighted by atomic mass is 9.96. The van der Waals surface area contributed by atoms with Crippen LogP contribution in [0.15, 0.2) is 36.7 Å². The summed E-state index contributed by atoms with van der Waals surface area (Å²) in [7, 11) is 0. The molecule has 1 aromatic carbocycles. The van der Waals surface area contributed by atoms with Crippen molar-refractivity contribution < 1.29 is 19.0 Å². The molecule has 2 aromatic heterocycles. The lowest BCUT2D eigenvalue weighted by Gasteiger charge is -2.17. The Hall–Kier alpha value is -2.80. The average molecular weight is 357 g/mol. The van der Waals surface area contributed by atoms with E-state index in [1.165, 1.54) is 16.8 Å². The Morgan fingerprint density at radius 3 is 2.81 bits per heavy atom. The number of hydrogen-bond acceptors (Lipinski definition) is 5. The molecule has 26 heavy (non-hydrogen) atoms. The maximum Gasteiger partial charge on any atom is 0.344 e. The molecule has 0 aliphatic heterocycles. The van der Waals surface area contributed by atoms with Crippen molar-refractivity contribution in [3.8, 4) is 11.3 Å². The number of benzene rings is 1. The molecule has 0 unspecified atom stereocenters. The Morgan fingerprint density at radius 2 is 2.15 bits per heavy atom. The van der Waals surface area contributed by atoms with Crippen LogP contribution in [0.4, 0.5) is 4.39 Å². The summed E-state index contributed by atoms with van der Waals surface area (Å²) in [5.74, 6) is -1.13. The van der Waals surface area contributed by atoms with Gasteiger partial charge < -0.3 is 9.84 Å². The Bertz CT molecular complexity index is 960. The van der Waals surface area contributed by atoms with Gasteiger partial charge in [-0.15, -0.1) is 0 Å². The zero-order valence-electron chi connectivity index (χ0n) is 14.9. The number of carbonyl (C=O) groups excluding carboxylic acids is 1. The molecule has 1 N–H and O–H groups in total. The molecule has 6 nitrogen and oxygen atoms in total. The summed E-state index contributed by atoms with van der Waals surface area (Å²) in [6.45, 7) is 5.20. The number of ether oxygens (including phenoxy) is 1. The number of nitrogens with zero attached hydrogens (tertiary/aromatic N) is 3. The second kappa shape index (κ2) is 6.84. The number of hydrogen-bond donors (Lipinski definition) is 1. The smallest absolute Gasteiger partial charge is 0.344 e. The molecule has 0 aliphatic rings. The second-order valence-electron chi connectivity index (χ2n) is 6.64. The molecule has 2 heterocycles. The molecular weight excluding hydrogens is 337 g/mol. The highest BCUT2D eigenvalue weighted by Crippen LogP contribution is 2.29. The zero-order chi connectivity index (χ0) is 18.9. The molecule has 0 saturated carbocycles. The van der Waals surface area contributed by atoms with Gasteiger partial charge in [-0.1, -0.05) is 6.07 Å². The van der Waals surface area contributed by atoms with E-state index in [0.717, 1.165) is 0 Å². The lowest BCUT2D eigenvalue weighted by molar-refractivity contribution is 0.0529. The maximum atomic E-state index is 14.8. The highest BCUT2D eigenvalue weighted by molar-refractivity contribution is 6.02. The van der Waals surface area contributed by atoms with Gasteiger partial charge in [0.25, 0.3) is 0 Å². The third kappa shape index (κ3) is 3.57. The van der Waals surface area contributed by atoms with Gasteiger partial charge in [0, 0.05) is 24.4 Å². The van der Waals surface area contributed by atoms with Crippen molar-refractivity contribution in [2.45, 2.75) is 32.8 Å². The molecule has 136 valence electrons. The van der Waals surface area contributed by atoms with Crippen molar-refractivity contribution in [1.29, 1.82) is 0 Å². The van der Waals surface area contributed by atoms with Gasteiger partial charge >= 0.3 is 5.97 Å². The number of rotatable bonds is 5. The standard InChI is InChI=1S/C19H20FN3O3/c1-4-26-18(24)15-16(22-23-9-5-8-21-17(15)23)13-7-6-12(10-14(13)20)11-19(2,3)25/h5-10,25H,4,11H2,1-3H3. The number of halogens is 1. The van der Waals surface area contributed by atoms with Crippen molar-refractivity contribution in [3.05, 3.63) is 53.6 Å². The molecule has 3 aromatic rings. The van der Waals surface area contributed by atoms with Crippen LogP contribution in [0.2, 0.25) is 0 Å². The van der Waals surface area contributed by atoms with Crippen LogP contribution >= 0.6 is 0 Å². The van der Waals surface area contributed by atoms with Crippen molar-refractivity contribution in [2.75, 3.05) is 6.61 Å². The maximum absolute atomic E-state index is 14.8. The fraction of sp³-hybridized carbons (Fsp3) is 0.316. The molecule has 7 heteroatoms. The van der Waals surface area contributed by atoms with Crippen LogP contribution in [0, 0.1) is 5.82 Å². The SMILES string of the molecule is CCOC(=O)c1c(-c2ccc(CC(C)(C)O)cc2F)nn2cccnc12. The van der Waals surface area contributed by atoms with E-state index in [9.17, 15) is 14.3 Å². The Kier molecular flexibility index (Phi) is 4.73. The molecule has 0 saturated heterocycles. The average Bonchev–Trinajstić information content (AvgIpc) is 2.92. The van der Waals surface area contributed by atoms with Gasteiger partial charge in [-0.2, -0.15) is 5.10 Å². The van der Waals surface area contributed by atoms with Crippen molar-refractivity contribution >= 4 is 11.6 Å². The first-order valence-electron chi connectivity index (χ1n) is 8.32. The van der Waals surface area contributed by atoms with E-state index in [0.29, 0.717) is 17.6 Å². The number of fused-ring (bicyclic) bond motifs is 1. The predicted molar refractivity (Wildman–Crippen MR) is 94.3 cm³/mol. The van der Waals surface area contributed by atoms with E-state index in [1.807, 2.05) is 0 Å². The number of esters is 1. The summed E-state index contributed by atoms with van der Waals surface area (Å²) in [5.41, 5.74) is 0.491. The minimum absolute atomic E-state index is 0.126. The second-order valence-corrected chi connectivity index (χ2v) is 6.64. The van der Waals surface area contributed by atoms with Crippen LogP contribution in [-0.4, -0.2) is 37.9 Å². The van der Waals surface area contributed by atoms with Crippen LogP contribution in [0.5, 0.6) is 0 Å². The van der Waals surface area contributed by atoms with Crippen LogP contribution in [0.1, 0.15) is 36.7 Å². The van der Waals surface area contributed by atoms with Gasteiger partial charge in [-0.05, 0) is 44.5 Å². The summed E-state index contributed by atoms with van der Waals surface area (Å²) >= 11 is 0. The van der Waals surface area contributed by atoms with Gasteiger partial charge in [0.05, 0.1) is 12.2 Å². The van der Waals surface area contributed by atoms with Crippen molar-refractivity contribution in [3.63, 3.8) is 0 Å². The summed E-state index contributed by atoms with van der Waals surface area (Å²) in [6.07, 6.45) is 3.48. The summed E-state index contributed by atoms with van der Waals surface area (Å²) in [5, 5.41) is 14.2. The highest BCUT2D eigenvalue weighted by atomic mass is 19.1.